The Hall–Kier alpha value is -2.99. The van der Waals surface area contributed by atoms with Crippen LogP contribution in [0.15, 0.2) is 6.33 Å². The molecule has 12 nitrogen and oxygen atoms in total. The van der Waals surface area contributed by atoms with Crippen LogP contribution < -0.4 is 11.1 Å². The van der Waals surface area contributed by atoms with Crippen LogP contribution in [-0.2, 0) is 20.7 Å². The van der Waals surface area contributed by atoms with E-state index in [9.17, 15) is 14.7 Å². The lowest BCUT2D eigenvalue weighted by Crippen LogP contribution is -2.44. The van der Waals surface area contributed by atoms with Crippen LogP contribution in [0, 0.1) is 5.92 Å². The van der Waals surface area contributed by atoms with E-state index in [1.165, 1.54) is 6.92 Å². The number of aryl methyl sites for hydroxylation is 1. The number of nitrogens with two attached hydrogens (primary N) is 1. The van der Waals surface area contributed by atoms with Gasteiger partial charge in [-0.05, 0) is 64.7 Å². The molecule has 4 N–H and O–H groups in total. The van der Waals surface area contributed by atoms with Crippen molar-refractivity contribution in [2.75, 3.05) is 18.8 Å². The molecule has 12 heteroatoms. The number of amides is 2. The zero-order chi connectivity index (χ0) is 26.1. The third-order valence-corrected chi connectivity index (χ3v) is 7.29. The Balaban J connectivity index is 1.20. The number of hydrogen-bond donors (Lipinski definition) is 3. The maximum Gasteiger partial charge on any atom is 0.410 e. The number of nitrogens with zero attached hydrogens (tertiary/aromatic N) is 5. The largest absolute Gasteiger partial charge is 0.446 e. The summed E-state index contributed by atoms with van der Waals surface area (Å²) in [5.74, 6) is 1.06. The molecule has 37 heavy (non-hydrogen) atoms. The van der Waals surface area contributed by atoms with Crippen LogP contribution in [0.25, 0.3) is 11.2 Å². The highest BCUT2D eigenvalue weighted by Crippen LogP contribution is 2.28. The average molecular weight is 516 g/mol. The molecule has 3 aliphatic rings. The van der Waals surface area contributed by atoms with Gasteiger partial charge in [0, 0.05) is 25.6 Å². The van der Waals surface area contributed by atoms with Gasteiger partial charge in [-0.2, -0.15) is 0 Å². The van der Waals surface area contributed by atoms with Crippen LogP contribution in [0.4, 0.5) is 10.6 Å². The highest BCUT2D eigenvalue weighted by atomic mass is 16.6. The Morgan fingerprint density at radius 2 is 1.89 bits per heavy atom. The van der Waals surface area contributed by atoms with Gasteiger partial charge in [-0.15, -0.1) is 0 Å². The second-order valence-electron chi connectivity index (χ2n) is 10.6. The molecular formula is C25H37N7O5. The normalized spacial score (nSPS) is 21.0. The van der Waals surface area contributed by atoms with E-state index in [2.05, 4.69) is 15.3 Å². The number of aromatic nitrogens is 4. The van der Waals surface area contributed by atoms with Crippen molar-refractivity contribution in [1.29, 1.82) is 0 Å². The number of fused-ring (bicyclic) bond motifs is 1. The van der Waals surface area contributed by atoms with Gasteiger partial charge in [0.15, 0.2) is 17.6 Å². The Bertz CT molecular complexity index is 1120. The van der Waals surface area contributed by atoms with Crippen molar-refractivity contribution in [2.24, 2.45) is 5.92 Å². The predicted octanol–water partition coefficient (Wildman–Crippen LogP) is 1.92. The van der Waals surface area contributed by atoms with Crippen LogP contribution >= 0.6 is 0 Å². The summed E-state index contributed by atoms with van der Waals surface area (Å²) < 4.78 is 13.1. The number of nitrogen functional groups attached to an aromatic ring is 1. The quantitative estimate of drug-likeness (QED) is 0.430. The van der Waals surface area contributed by atoms with Gasteiger partial charge in [-0.1, -0.05) is 0 Å². The first kappa shape index (κ1) is 25.7. The summed E-state index contributed by atoms with van der Waals surface area (Å²) in [5, 5.41) is 13.0. The van der Waals surface area contributed by atoms with Gasteiger partial charge in [0.05, 0.1) is 12.4 Å². The van der Waals surface area contributed by atoms with E-state index in [4.69, 9.17) is 20.2 Å². The molecular weight excluding hydrogens is 478 g/mol. The predicted molar refractivity (Wildman–Crippen MR) is 134 cm³/mol. The molecule has 1 aliphatic heterocycles. The van der Waals surface area contributed by atoms with Crippen LogP contribution in [-0.4, -0.2) is 79.0 Å². The van der Waals surface area contributed by atoms with E-state index in [1.54, 1.807) is 22.7 Å². The number of carbonyl (C=O) groups excluding carboxylic acids is 2. The second kappa shape index (κ2) is 10.8. The number of anilines is 1. The van der Waals surface area contributed by atoms with Crippen molar-refractivity contribution >= 4 is 29.0 Å². The summed E-state index contributed by atoms with van der Waals surface area (Å²) in [5.41, 5.74) is 7.20. The minimum atomic E-state index is -1.01. The van der Waals surface area contributed by atoms with Crippen LogP contribution in [0.1, 0.15) is 70.8 Å². The van der Waals surface area contributed by atoms with E-state index < -0.39 is 18.4 Å². The minimum Gasteiger partial charge on any atom is -0.446 e. The highest BCUT2D eigenvalue weighted by molar-refractivity contribution is 5.82. The standard InChI is InChI=1S/C25H37N7O5/c1-14(33)21(24(34)28-17-4-5-17)36-15(2)32-13-27-20-22(26)29-19(30-23(20)32)8-3-16-9-11-31(12-10-16)25(35)37-18-6-7-18/h13-18,21,33H,3-12H2,1-2H3,(H,28,34)(H2,26,29,30)/t14?,15-,21+/m1/s1. The minimum absolute atomic E-state index is 0.127. The smallest absolute Gasteiger partial charge is 0.410 e. The molecule has 2 aromatic heterocycles. The van der Waals surface area contributed by atoms with Crippen molar-refractivity contribution in [1.82, 2.24) is 29.7 Å². The maximum absolute atomic E-state index is 12.6. The van der Waals surface area contributed by atoms with Crippen molar-refractivity contribution in [3.05, 3.63) is 12.2 Å². The SMILES string of the molecule is CC(O)[C@H](O[C@H](C)n1cnc2c(N)nc(CCC3CCN(C(=O)OC4CC4)CC3)nc21)C(=O)NC1CC1. The molecule has 3 heterocycles. The Labute approximate surface area is 215 Å². The monoisotopic (exact) mass is 515 g/mol. The van der Waals surface area contributed by atoms with E-state index in [1.807, 2.05) is 0 Å². The lowest BCUT2D eigenvalue weighted by molar-refractivity contribution is -0.150. The van der Waals surface area contributed by atoms with Crippen molar-refractivity contribution in [3.63, 3.8) is 0 Å². The second-order valence-corrected chi connectivity index (χ2v) is 10.6. The maximum atomic E-state index is 12.6. The third kappa shape index (κ3) is 6.30. The van der Waals surface area contributed by atoms with Gasteiger partial charge in [0.2, 0.25) is 0 Å². The molecule has 202 valence electrons. The number of aliphatic hydroxyl groups excluding tert-OH is 1. The molecule has 2 saturated carbocycles. The molecule has 1 saturated heterocycles. The zero-order valence-corrected chi connectivity index (χ0v) is 21.5. The fraction of sp³-hybridized carbons (Fsp3) is 0.720. The van der Waals surface area contributed by atoms with E-state index >= 15 is 0 Å². The number of rotatable bonds is 10. The molecule has 2 aliphatic carbocycles. The first-order valence-electron chi connectivity index (χ1n) is 13.4. The molecule has 3 fully saturated rings. The Morgan fingerprint density at radius 3 is 2.54 bits per heavy atom. The summed E-state index contributed by atoms with van der Waals surface area (Å²) in [6.45, 7) is 4.73. The number of ether oxygens (including phenoxy) is 2. The number of hydrogen-bond acceptors (Lipinski definition) is 9. The summed E-state index contributed by atoms with van der Waals surface area (Å²) >= 11 is 0. The van der Waals surface area contributed by atoms with Crippen molar-refractivity contribution in [3.8, 4) is 0 Å². The number of imidazole rings is 1. The summed E-state index contributed by atoms with van der Waals surface area (Å²) in [6, 6.07) is 0.167. The molecule has 0 aromatic carbocycles. The summed E-state index contributed by atoms with van der Waals surface area (Å²) in [7, 11) is 0. The molecule has 0 spiro atoms. The summed E-state index contributed by atoms with van der Waals surface area (Å²) in [6.07, 6.45) is 6.15. The zero-order valence-electron chi connectivity index (χ0n) is 21.5. The van der Waals surface area contributed by atoms with Gasteiger partial charge in [-0.3, -0.25) is 9.36 Å². The van der Waals surface area contributed by atoms with E-state index in [0.717, 1.165) is 44.9 Å². The van der Waals surface area contributed by atoms with Crippen molar-refractivity contribution in [2.45, 2.75) is 95.8 Å². The molecule has 2 aromatic rings. The third-order valence-electron chi connectivity index (χ3n) is 7.29. The van der Waals surface area contributed by atoms with Gasteiger partial charge in [0.1, 0.15) is 23.7 Å². The number of aliphatic hydroxyl groups is 1. The number of likely N-dealkylation sites (tertiary alicyclic amines) is 1. The number of piperidine rings is 1. The molecule has 1 unspecified atom stereocenters. The van der Waals surface area contributed by atoms with Gasteiger partial charge in [-0.25, -0.2) is 19.7 Å². The lowest BCUT2D eigenvalue weighted by Gasteiger charge is -2.31. The fourth-order valence-corrected chi connectivity index (χ4v) is 4.69. The molecule has 3 atom stereocenters. The van der Waals surface area contributed by atoms with Gasteiger partial charge >= 0.3 is 6.09 Å². The Kier molecular flexibility index (Phi) is 7.47. The topological polar surface area (TPSA) is 158 Å². The lowest BCUT2D eigenvalue weighted by atomic mass is 9.92. The van der Waals surface area contributed by atoms with E-state index in [-0.39, 0.29) is 24.1 Å². The van der Waals surface area contributed by atoms with Crippen LogP contribution in [0.5, 0.6) is 0 Å². The van der Waals surface area contributed by atoms with Crippen LogP contribution in [0.2, 0.25) is 0 Å². The molecule has 0 radical (unpaired) electrons. The fourth-order valence-electron chi connectivity index (χ4n) is 4.69. The molecule has 2 amide bonds. The van der Waals surface area contributed by atoms with E-state index in [0.29, 0.717) is 48.2 Å². The molecule has 0 bridgehead atoms. The highest BCUT2D eigenvalue weighted by Gasteiger charge is 2.33. The summed E-state index contributed by atoms with van der Waals surface area (Å²) in [4.78, 5) is 40.1. The average Bonchev–Trinajstić information content (AvgIpc) is 3.80. The number of carbonyl (C=O) groups is 2. The number of nitrogens with one attached hydrogen (secondary N) is 1. The van der Waals surface area contributed by atoms with Gasteiger partial charge < -0.3 is 30.5 Å². The first-order chi connectivity index (χ1) is 17.8. The molecule has 5 rings (SSSR count). The van der Waals surface area contributed by atoms with Crippen molar-refractivity contribution < 1.29 is 24.2 Å². The van der Waals surface area contributed by atoms with Crippen LogP contribution in [0.3, 0.4) is 0 Å². The van der Waals surface area contributed by atoms with Gasteiger partial charge in [0.25, 0.3) is 5.91 Å². The Morgan fingerprint density at radius 1 is 1.16 bits per heavy atom. The first-order valence-corrected chi connectivity index (χ1v) is 13.4.